The van der Waals surface area contributed by atoms with E-state index in [2.05, 4.69) is 64.1 Å². The molecule has 5 aromatic rings. The number of nitrogens with zero attached hydrogens (tertiary/aromatic N) is 3. The standard InChI is InChI=1S/C31H26ClIN4O4/c1-18-4-3-5-23-24(33)12-26-29(28(18)23)20(13-32)14-37(26)31(39)25-16-36-15-21(8-11-27(36)35-25)34-30(38)19-6-9-22(10-7-19)41-17-40-2/h3-12,15-16,20H,13-14,17H2,1-2H3,(H,34,38)/t20-/m1/s1. The van der Waals surface area contributed by atoms with Gasteiger partial charge in [0.05, 0.1) is 5.69 Å². The molecule has 208 valence electrons. The Morgan fingerprint density at radius 2 is 1.93 bits per heavy atom. The number of nitrogens with one attached hydrogen (secondary N) is 1. The highest BCUT2D eigenvalue weighted by atomic mass is 127. The predicted molar refractivity (Wildman–Crippen MR) is 169 cm³/mol. The average Bonchev–Trinajstić information content (AvgIpc) is 3.57. The molecule has 0 fully saturated rings. The van der Waals surface area contributed by atoms with Crippen molar-refractivity contribution in [1.29, 1.82) is 0 Å². The van der Waals surface area contributed by atoms with Gasteiger partial charge in [-0.3, -0.25) is 9.59 Å². The summed E-state index contributed by atoms with van der Waals surface area (Å²) in [5.74, 6) is 0.592. The number of aryl methyl sites for hydroxylation is 1. The number of fused-ring (bicyclic) bond motifs is 4. The number of hydrogen-bond acceptors (Lipinski definition) is 5. The van der Waals surface area contributed by atoms with Crippen LogP contribution in [-0.4, -0.2) is 47.5 Å². The molecule has 0 aliphatic carbocycles. The number of anilines is 2. The van der Waals surface area contributed by atoms with Crippen molar-refractivity contribution in [2.45, 2.75) is 12.8 Å². The Hall–Kier alpha value is -3.67. The predicted octanol–water partition coefficient (Wildman–Crippen LogP) is 6.62. The molecule has 2 aromatic heterocycles. The molecule has 8 nitrogen and oxygen atoms in total. The molecule has 10 heteroatoms. The number of ether oxygens (including phenoxy) is 2. The van der Waals surface area contributed by atoms with Crippen LogP contribution in [0.5, 0.6) is 5.75 Å². The summed E-state index contributed by atoms with van der Waals surface area (Å²) in [7, 11) is 1.54. The highest BCUT2D eigenvalue weighted by molar-refractivity contribution is 14.1. The van der Waals surface area contributed by atoms with E-state index in [9.17, 15) is 9.59 Å². The van der Waals surface area contributed by atoms with Gasteiger partial charge in [0.1, 0.15) is 17.1 Å². The molecule has 1 aliphatic heterocycles. The fourth-order valence-electron chi connectivity index (χ4n) is 5.33. The summed E-state index contributed by atoms with van der Waals surface area (Å²) in [6, 6.07) is 18.7. The van der Waals surface area contributed by atoms with Crippen LogP contribution >= 0.6 is 34.2 Å². The van der Waals surface area contributed by atoms with Gasteiger partial charge in [0.2, 0.25) is 0 Å². The number of benzene rings is 3. The Morgan fingerprint density at radius 1 is 1.12 bits per heavy atom. The average molecular weight is 681 g/mol. The Balaban J connectivity index is 1.26. The van der Waals surface area contributed by atoms with Crippen LogP contribution in [0, 0.1) is 10.5 Å². The minimum Gasteiger partial charge on any atom is -0.468 e. The van der Waals surface area contributed by atoms with Crippen molar-refractivity contribution in [1.82, 2.24) is 9.38 Å². The van der Waals surface area contributed by atoms with Crippen LogP contribution in [0.25, 0.3) is 16.4 Å². The molecule has 2 amide bonds. The van der Waals surface area contributed by atoms with E-state index in [1.165, 1.54) is 16.3 Å². The lowest BCUT2D eigenvalue weighted by atomic mass is 9.93. The third-order valence-electron chi connectivity index (χ3n) is 7.26. The molecule has 0 saturated heterocycles. The van der Waals surface area contributed by atoms with E-state index in [1.807, 2.05) is 0 Å². The number of methoxy groups -OCH3 is 1. The van der Waals surface area contributed by atoms with E-state index in [0.29, 0.717) is 40.8 Å². The number of carbonyl (C=O) groups excluding carboxylic acids is 2. The Morgan fingerprint density at radius 3 is 2.68 bits per heavy atom. The fraction of sp³-hybridized carbons (Fsp3) is 0.194. The van der Waals surface area contributed by atoms with Crippen LogP contribution < -0.4 is 15.0 Å². The second-order valence-corrected chi connectivity index (χ2v) is 11.4. The van der Waals surface area contributed by atoms with Gasteiger partial charge in [0.15, 0.2) is 6.79 Å². The summed E-state index contributed by atoms with van der Waals surface area (Å²) in [5.41, 5.74) is 5.15. The number of aromatic nitrogens is 2. The van der Waals surface area contributed by atoms with E-state index >= 15 is 0 Å². The molecule has 1 N–H and O–H groups in total. The van der Waals surface area contributed by atoms with Crippen LogP contribution in [-0.2, 0) is 4.74 Å². The number of pyridine rings is 1. The molecule has 1 aliphatic rings. The summed E-state index contributed by atoms with van der Waals surface area (Å²) < 4.78 is 13.1. The van der Waals surface area contributed by atoms with Crippen molar-refractivity contribution in [3.63, 3.8) is 0 Å². The van der Waals surface area contributed by atoms with E-state index < -0.39 is 0 Å². The summed E-state index contributed by atoms with van der Waals surface area (Å²) in [6.45, 7) is 2.72. The molecule has 0 saturated carbocycles. The Kier molecular flexibility index (Phi) is 7.58. The third kappa shape index (κ3) is 5.13. The number of hydrogen-bond donors (Lipinski definition) is 1. The van der Waals surface area contributed by atoms with Crippen molar-refractivity contribution in [3.8, 4) is 5.75 Å². The smallest absolute Gasteiger partial charge is 0.278 e. The number of halogens is 2. The zero-order valence-electron chi connectivity index (χ0n) is 22.4. The minimum atomic E-state index is -0.267. The zero-order valence-corrected chi connectivity index (χ0v) is 25.3. The highest BCUT2D eigenvalue weighted by Crippen LogP contribution is 2.45. The van der Waals surface area contributed by atoms with E-state index in [-0.39, 0.29) is 24.5 Å². The van der Waals surface area contributed by atoms with Gasteiger partial charge in [-0.05, 0) is 93.9 Å². The van der Waals surface area contributed by atoms with Crippen molar-refractivity contribution in [3.05, 3.63) is 99.0 Å². The first kappa shape index (κ1) is 27.5. The first-order chi connectivity index (χ1) is 19.9. The summed E-state index contributed by atoms with van der Waals surface area (Å²) in [4.78, 5) is 33.0. The topological polar surface area (TPSA) is 85.2 Å². The summed E-state index contributed by atoms with van der Waals surface area (Å²) in [6.07, 6.45) is 3.44. The number of carbonyl (C=O) groups is 2. The molecule has 0 unspecified atom stereocenters. The summed E-state index contributed by atoms with van der Waals surface area (Å²) >= 11 is 8.77. The van der Waals surface area contributed by atoms with Gasteiger partial charge in [-0.15, -0.1) is 11.6 Å². The van der Waals surface area contributed by atoms with Gasteiger partial charge in [0, 0.05) is 52.7 Å². The van der Waals surface area contributed by atoms with Crippen molar-refractivity contribution >= 4 is 73.8 Å². The van der Waals surface area contributed by atoms with Crippen molar-refractivity contribution in [2.75, 3.05) is 36.5 Å². The number of amides is 2. The van der Waals surface area contributed by atoms with Crippen LogP contribution in [0.15, 0.2) is 73.1 Å². The van der Waals surface area contributed by atoms with Gasteiger partial charge >= 0.3 is 0 Å². The largest absolute Gasteiger partial charge is 0.468 e. The maximum Gasteiger partial charge on any atom is 0.278 e. The van der Waals surface area contributed by atoms with Crippen LogP contribution in [0.3, 0.4) is 0 Å². The molecular formula is C31H26ClIN4O4. The molecule has 3 heterocycles. The van der Waals surface area contributed by atoms with Crippen LogP contribution in [0.1, 0.15) is 37.9 Å². The van der Waals surface area contributed by atoms with Gasteiger partial charge in [-0.25, -0.2) is 4.98 Å². The second-order valence-electron chi connectivity index (χ2n) is 9.89. The lowest BCUT2D eigenvalue weighted by molar-refractivity contribution is 0.0511. The molecular weight excluding hydrogens is 655 g/mol. The Labute approximate surface area is 255 Å². The SMILES string of the molecule is COCOc1ccc(C(=O)Nc2ccc3nc(C(=O)N4C[C@@H](CCl)c5c4cc(I)c4cccc(C)c54)cn3c2)cc1. The number of imidazole rings is 1. The molecule has 41 heavy (non-hydrogen) atoms. The maximum atomic E-state index is 13.8. The van der Waals surface area contributed by atoms with E-state index in [4.69, 9.17) is 21.1 Å². The number of rotatable bonds is 7. The first-order valence-corrected chi connectivity index (χ1v) is 14.6. The molecule has 1 atom stereocenters. The normalized spacial score (nSPS) is 14.4. The molecule has 0 bridgehead atoms. The van der Waals surface area contributed by atoms with E-state index in [1.54, 1.807) is 65.2 Å². The molecule has 0 radical (unpaired) electrons. The van der Waals surface area contributed by atoms with Crippen LogP contribution in [0.4, 0.5) is 11.4 Å². The second kappa shape index (κ2) is 11.3. The minimum absolute atomic E-state index is 0.0238. The molecule has 6 rings (SSSR count). The molecule has 0 spiro atoms. The highest BCUT2D eigenvalue weighted by Gasteiger charge is 2.35. The van der Waals surface area contributed by atoms with Crippen molar-refractivity contribution in [2.24, 2.45) is 0 Å². The Bertz CT molecular complexity index is 1800. The lowest BCUT2D eigenvalue weighted by Gasteiger charge is -2.17. The quantitative estimate of drug-likeness (QED) is 0.119. The maximum absolute atomic E-state index is 13.8. The van der Waals surface area contributed by atoms with Crippen molar-refractivity contribution < 1.29 is 19.1 Å². The lowest BCUT2D eigenvalue weighted by Crippen LogP contribution is -2.30. The fourth-order valence-corrected chi connectivity index (χ4v) is 6.33. The summed E-state index contributed by atoms with van der Waals surface area (Å²) in [5, 5.41) is 5.24. The van der Waals surface area contributed by atoms with E-state index in [0.717, 1.165) is 14.8 Å². The van der Waals surface area contributed by atoms with Gasteiger partial charge in [-0.2, -0.15) is 0 Å². The van der Waals surface area contributed by atoms with Crippen LogP contribution in [0.2, 0.25) is 0 Å². The molecule has 3 aromatic carbocycles. The van der Waals surface area contributed by atoms with Gasteiger partial charge < -0.3 is 24.1 Å². The zero-order chi connectivity index (χ0) is 28.7. The van der Waals surface area contributed by atoms with Gasteiger partial charge in [0.25, 0.3) is 11.8 Å². The number of alkyl halides is 1. The first-order valence-electron chi connectivity index (χ1n) is 13.0. The van der Waals surface area contributed by atoms with Gasteiger partial charge in [-0.1, -0.05) is 18.2 Å². The monoisotopic (exact) mass is 680 g/mol. The third-order valence-corrected chi connectivity index (χ3v) is 8.53.